The summed E-state index contributed by atoms with van der Waals surface area (Å²) >= 11 is 1.40. The zero-order valence-corrected chi connectivity index (χ0v) is 16.3. The van der Waals surface area contributed by atoms with E-state index in [1.54, 1.807) is 0 Å². The molecule has 2 heterocycles. The van der Waals surface area contributed by atoms with E-state index in [0.717, 1.165) is 18.2 Å². The van der Waals surface area contributed by atoms with Crippen LogP contribution in [0.4, 0.5) is 0 Å². The van der Waals surface area contributed by atoms with E-state index in [4.69, 9.17) is 5.73 Å². The molecule has 0 spiro atoms. The number of thioether (sulfide) groups is 1. The fourth-order valence-corrected chi connectivity index (χ4v) is 4.76. The Balaban J connectivity index is 1.44. The highest BCUT2D eigenvalue weighted by molar-refractivity contribution is 8.00. The quantitative estimate of drug-likeness (QED) is 0.706. The summed E-state index contributed by atoms with van der Waals surface area (Å²) in [5.74, 6) is 1.47. The van der Waals surface area contributed by atoms with Crippen LogP contribution >= 0.6 is 11.8 Å². The van der Waals surface area contributed by atoms with Crippen molar-refractivity contribution in [3.63, 3.8) is 0 Å². The molecule has 2 fully saturated rings. The van der Waals surface area contributed by atoms with Gasteiger partial charge in [-0.15, -0.1) is 5.10 Å². The maximum atomic E-state index is 12.6. The lowest BCUT2D eigenvalue weighted by Gasteiger charge is -2.32. The number of aromatic amines is 1. The summed E-state index contributed by atoms with van der Waals surface area (Å²) < 4.78 is 0. The number of rotatable bonds is 7. The number of H-pyrrole nitrogens is 1. The lowest BCUT2D eigenvalue weighted by molar-refractivity contribution is -0.134. The third-order valence-corrected chi connectivity index (χ3v) is 6.56. The molecule has 1 aromatic rings. The van der Waals surface area contributed by atoms with Crippen LogP contribution in [-0.2, 0) is 16.0 Å². The smallest absolute Gasteiger partial charge is 0.235 e. The summed E-state index contributed by atoms with van der Waals surface area (Å²) in [6.45, 7) is 3.08. The number of primary amides is 1. The topological polar surface area (TPSA) is 105 Å². The van der Waals surface area contributed by atoms with Crippen LogP contribution in [-0.4, -0.2) is 50.2 Å². The second kappa shape index (κ2) is 8.88. The second-order valence-electron chi connectivity index (χ2n) is 7.52. The molecule has 1 saturated carbocycles. The molecule has 1 aliphatic carbocycles. The van der Waals surface area contributed by atoms with E-state index in [0.29, 0.717) is 31.1 Å². The van der Waals surface area contributed by atoms with Gasteiger partial charge >= 0.3 is 0 Å². The molecule has 3 rings (SSSR count). The number of nitrogens with zero attached hydrogens (tertiary/aromatic N) is 3. The van der Waals surface area contributed by atoms with Crippen molar-refractivity contribution in [2.75, 3.05) is 13.1 Å². The Morgan fingerprint density at radius 3 is 2.62 bits per heavy atom. The number of carbonyl (C=O) groups excluding carboxylic acids is 2. The van der Waals surface area contributed by atoms with E-state index in [2.05, 4.69) is 15.2 Å². The van der Waals surface area contributed by atoms with Gasteiger partial charge in [-0.3, -0.25) is 14.7 Å². The zero-order valence-electron chi connectivity index (χ0n) is 15.4. The average Bonchev–Trinajstić information content (AvgIpc) is 3.31. The number of carbonyl (C=O) groups is 2. The largest absolute Gasteiger partial charge is 0.369 e. The van der Waals surface area contributed by atoms with E-state index in [1.165, 1.54) is 43.9 Å². The minimum atomic E-state index is -0.259. The van der Waals surface area contributed by atoms with Gasteiger partial charge < -0.3 is 10.6 Å². The van der Waals surface area contributed by atoms with Gasteiger partial charge in [0.15, 0.2) is 0 Å². The van der Waals surface area contributed by atoms with E-state index in [-0.39, 0.29) is 23.0 Å². The normalized spacial score (nSPS) is 20.4. The predicted molar refractivity (Wildman–Crippen MR) is 100 cm³/mol. The first-order valence-corrected chi connectivity index (χ1v) is 10.6. The third kappa shape index (κ3) is 4.99. The molecule has 7 nitrogen and oxygen atoms in total. The molecule has 1 aliphatic heterocycles. The highest BCUT2D eigenvalue weighted by Gasteiger charge is 2.29. The Morgan fingerprint density at radius 1 is 1.27 bits per heavy atom. The molecule has 2 aliphatic rings. The minimum Gasteiger partial charge on any atom is -0.369 e. The van der Waals surface area contributed by atoms with Gasteiger partial charge in [-0.25, -0.2) is 4.98 Å². The second-order valence-corrected chi connectivity index (χ2v) is 8.82. The molecular weight excluding hydrogens is 350 g/mol. The summed E-state index contributed by atoms with van der Waals surface area (Å²) in [4.78, 5) is 30.2. The monoisotopic (exact) mass is 379 g/mol. The summed E-state index contributed by atoms with van der Waals surface area (Å²) in [6.07, 6.45) is 8.82. The van der Waals surface area contributed by atoms with Crippen molar-refractivity contribution in [3.8, 4) is 0 Å². The fourth-order valence-electron chi connectivity index (χ4n) is 3.93. The van der Waals surface area contributed by atoms with Crippen molar-refractivity contribution >= 4 is 23.6 Å². The van der Waals surface area contributed by atoms with Crippen molar-refractivity contribution in [1.29, 1.82) is 0 Å². The van der Waals surface area contributed by atoms with E-state index < -0.39 is 0 Å². The lowest BCUT2D eigenvalue weighted by Crippen LogP contribution is -2.44. The van der Waals surface area contributed by atoms with Gasteiger partial charge in [0.1, 0.15) is 5.82 Å². The van der Waals surface area contributed by atoms with Gasteiger partial charge in [-0.2, -0.15) is 0 Å². The van der Waals surface area contributed by atoms with Gasteiger partial charge in [-0.1, -0.05) is 37.4 Å². The third-order valence-electron chi connectivity index (χ3n) is 5.61. The molecule has 2 amide bonds. The van der Waals surface area contributed by atoms with Crippen molar-refractivity contribution in [2.24, 2.45) is 17.6 Å². The number of aromatic nitrogens is 3. The highest BCUT2D eigenvalue weighted by Crippen LogP contribution is 2.29. The van der Waals surface area contributed by atoms with Gasteiger partial charge in [0.25, 0.3) is 0 Å². The first kappa shape index (κ1) is 19.2. The number of likely N-dealkylation sites (tertiary alicyclic amines) is 1. The number of amides is 2. The standard InChI is InChI=1S/C18H29N5O2S/c1-12(17(25)23-10-8-14(9-11-23)16(19)24)26-18-20-15(21-22-18)7-6-13-4-2-3-5-13/h12-14H,2-11H2,1H3,(H2,19,24)(H,20,21,22). The number of nitrogens with two attached hydrogens (primary N) is 1. The van der Waals surface area contributed by atoms with Crippen LogP contribution in [0.1, 0.15) is 57.7 Å². The molecule has 1 unspecified atom stereocenters. The van der Waals surface area contributed by atoms with E-state index in [9.17, 15) is 9.59 Å². The summed E-state index contributed by atoms with van der Waals surface area (Å²) in [5.41, 5.74) is 5.35. The molecular formula is C18H29N5O2S. The minimum absolute atomic E-state index is 0.0789. The molecule has 1 atom stereocenters. The van der Waals surface area contributed by atoms with Crippen LogP contribution in [0.2, 0.25) is 0 Å². The van der Waals surface area contributed by atoms with Crippen LogP contribution < -0.4 is 5.73 Å². The van der Waals surface area contributed by atoms with Crippen molar-refractivity contribution in [1.82, 2.24) is 20.1 Å². The van der Waals surface area contributed by atoms with E-state index >= 15 is 0 Å². The van der Waals surface area contributed by atoms with Crippen LogP contribution in [0.25, 0.3) is 0 Å². The van der Waals surface area contributed by atoms with Gasteiger partial charge in [0, 0.05) is 25.4 Å². The van der Waals surface area contributed by atoms with Crippen LogP contribution in [0.3, 0.4) is 0 Å². The maximum absolute atomic E-state index is 12.6. The van der Waals surface area contributed by atoms with Crippen LogP contribution in [0.5, 0.6) is 0 Å². The molecule has 26 heavy (non-hydrogen) atoms. The van der Waals surface area contributed by atoms with Crippen molar-refractivity contribution < 1.29 is 9.59 Å². The number of hydrogen-bond donors (Lipinski definition) is 2. The Kier molecular flexibility index (Phi) is 6.56. The molecule has 1 aromatic heterocycles. The molecule has 0 bridgehead atoms. The molecule has 8 heteroatoms. The van der Waals surface area contributed by atoms with Crippen molar-refractivity contribution in [2.45, 2.75) is 68.7 Å². The maximum Gasteiger partial charge on any atom is 0.235 e. The molecule has 3 N–H and O–H groups in total. The summed E-state index contributed by atoms with van der Waals surface area (Å²) in [5, 5.41) is 7.67. The van der Waals surface area contributed by atoms with Gasteiger partial charge in [0.05, 0.1) is 5.25 Å². The number of nitrogens with one attached hydrogen (secondary N) is 1. The first-order valence-electron chi connectivity index (χ1n) is 9.69. The van der Waals surface area contributed by atoms with Crippen LogP contribution in [0, 0.1) is 11.8 Å². The SMILES string of the molecule is CC(Sc1n[nH]c(CCC2CCCC2)n1)C(=O)N1CCC(C(N)=O)CC1. The number of hydrogen-bond acceptors (Lipinski definition) is 5. The molecule has 0 radical (unpaired) electrons. The molecule has 0 aromatic carbocycles. The summed E-state index contributed by atoms with van der Waals surface area (Å²) in [7, 11) is 0. The van der Waals surface area contributed by atoms with E-state index in [1.807, 2.05) is 11.8 Å². The lowest BCUT2D eigenvalue weighted by atomic mass is 9.96. The van der Waals surface area contributed by atoms with Gasteiger partial charge in [-0.05, 0) is 32.1 Å². The predicted octanol–water partition coefficient (Wildman–Crippen LogP) is 2.13. The Labute approximate surface area is 158 Å². The first-order chi connectivity index (χ1) is 12.5. The molecule has 144 valence electrons. The van der Waals surface area contributed by atoms with Crippen molar-refractivity contribution in [3.05, 3.63) is 5.82 Å². The zero-order chi connectivity index (χ0) is 18.5. The molecule has 1 saturated heterocycles. The number of aryl methyl sites for hydroxylation is 1. The highest BCUT2D eigenvalue weighted by atomic mass is 32.2. The van der Waals surface area contributed by atoms with Crippen LogP contribution in [0.15, 0.2) is 5.16 Å². The Morgan fingerprint density at radius 2 is 1.96 bits per heavy atom. The average molecular weight is 380 g/mol. The Hall–Kier alpha value is -1.57. The van der Waals surface area contributed by atoms with Gasteiger partial charge in [0.2, 0.25) is 17.0 Å². The summed E-state index contributed by atoms with van der Waals surface area (Å²) in [6, 6.07) is 0. The Bertz CT molecular complexity index is 621. The number of piperidine rings is 1. The fraction of sp³-hybridized carbons (Fsp3) is 0.778.